The summed E-state index contributed by atoms with van der Waals surface area (Å²) in [6.45, 7) is 2.88. The molecule has 1 aliphatic rings. The first-order valence-electron chi connectivity index (χ1n) is 7.47. The second-order valence-electron chi connectivity index (χ2n) is 5.44. The molecule has 3 rings (SSSR count). The van der Waals surface area contributed by atoms with E-state index < -0.39 is 24.0 Å². The molecule has 2 aromatic rings. The summed E-state index contributed by atoms with van der Waals surface area (Å²) in [6.07, 6.45) is -4.80. The summed E-state index contributed by atoms with van der Waals surface area (Å²) in [5.74, 6) is -0.947. The quantitative estimate of drug-likeness (QED) is 0.713. The molecule has 1 aromatic heterocycles. The Morgan fingerprint density at radius 2 is 1.81 bits per heavy atom. The van der Waals surface area contributed by atoms with E-state index in [2.05, 4.69) is 15.0 Å². The van der Waals surface area contributed by atoms with Crippen molar-refractivity contribution >= 4 is 36.2 Å². The Bertz CT molecular complexity index is 679. The lowest BCUT2D eigenvalue weighted by molar-refractivity contribution is -0.274. The molecule has 146 valence electrons. The Hall–Kier alpha value is -1.06. The lowest BCUT2D eigenvalue weighted by atomic mass is 10.0. The van der Waals surface area contributed by atoms with Gasteiger partial charge in [-0.25, -0.2) is 4.39 Å². The molecular formula is C16H18Cl2F4N2OS. The van der Waals surface area contributed by atoms with Crippen molar-refractivity contribution in [2.75, 3.05) is 26.2 Å². The number of benzene rings is 1. The molecule has 1 aromatic carbocycles. The molecule has 0 aliphatic carbocycles. The predicted octanol–water partition coefficient (Wildman–Crippen LogP) is 4.62. The molecule has 1 N–H and O–H groups in total. The van der Waals surface area contributed by atoms with Gasteiger partial charge in [0, 0.05) is 36.6 Å². The van der Waals surface area contributed by atoms with Gasteiger partial charge in [-0.05, 0) is 29.6 Å². The number of ether oxygens (including phenoxy) is 1. The zero-order valence-corrected chi connectivity index (χ0v) is 15.9. The fourth-order valence-electron chi connectivity index (χ4n) is 2.85. The molecule has 1 atom stereocenters. The van der Waals surface area contributed by atoms with E-state index in [-0.39, 0.29) is 30.4 Å². The van der Waals surface area contributed by atoms with Crippen LogP contribution in [0.15, 0.2) is 35.7 Å². The van der Waals surface area contributed by atoms with Crippen molar-refractivity contribution in [2.45, 2.75) is 12.4 Å². The maximum Gasteiger partial charge on any atom is 0.573 e. The summed E-state index contributed by atoms with van der Waals surface area (Å²) in [6, 6.07) is 6.46. The normalized spacial score (nSPS) is 16.3. The Labute approximate surface area is 165 Å². The van der Waals surface area contributed by atoms with Crippen LogP contribution in [-0.2, 0) is 0 Å². The molecule has 0 amide bonds. The lowest BCUT2D eigenvalue weighted by Crippen LogP contribution is -2.45. The number of hydrogen-bond acceptors (Lipinski definition) is 4. The topological polar surface area (TPSA) is 24.5 Å². The number of nitrogens with one attached hydrogen (secondary N) is 1. The number of hydrogen-bond donors (Lipinski definition) is 1. The summed E-state index contributed by atoms with van der Waals surface area (Å²) in [5, 5.41) is 5.09. The first kappa shape index (κ1) is 23.0. The summed E-state index contributed by atoms with van der Waals surface area (Å²) < 4.78 is 55.8. The standard InChI is InChI=1S/C16H16F4N2OS.2ClH/c17-13-4-3-11(23-16(18,19)20)10-12(13)15(14-2-1-9-24-14)22-7-5-21-6-8-22;;/h1-4,9-10,15,21H,5-8H2;2*1H/t15-;;/m1../s1. The third kappa shape index (κ3) is 5.72. The van der Waals surface area contributed by atoms with Gasteiger partial charge < -0.3 is 10.1 Å². The molecule has 0 saturated carbocycles. The highest BCUT2D eigenvalue weighted by atomic mass is 35.5. The molecule has 1 fully saturated rings. The minimum absolute atomic E-state index is 0. The van der Waals surface area contributed by atoms with Crippen molar-refractivity contribution in [2.24, 2.45) is 0 Å². The lowest BCUT2D eigenvalue weighted by Gasteiger charge is -2.35. The summed E-state index contributed by atoms with van der Waals surface area (Å²) in [4.78, 5) is 2.96. The Morgan fingerprint density at radius 1 is 1.12 bits per heavy atom. The van der Waals surface area contributed by atoms with Gasteiger partial charge in [0.15, 0.2) is 0 Å². The second-order valence-corrected chi connectivity index (χ2v) is 6.41. The van der Waals surface area contributed by atoms with Crippen LogP contribution in [0, 0.1) is 5.82 Å². The predicted molar refractivity (Wildman–Crippen MR) is 98.2 cm³/mol. The number of nitrogens with zero attached hydrogens (tertiary/aromatic N) is 1. The Kier molecular flexibility index (Phi) is 8.62. The van der Waals surface area contributed by atoms with Crippen LogP contribution in [0.1, 0.15) is 16.5 Å². The van der Waals surface area contributed by atoms with E-state index in [1.165, 1.54) is 11.3 Å². The molecule has 10 heteroatoms. The van der Waals surface area contributed by atoms with Gasteiger partial charge in [0.2, 0.25) is 0 Å². The van der Waals surface area contributed by atoms with Crippen LogP contribution < -0.4 is 10.1 Å². The van der Waals surface area contributed by atoms with Crippen molar-refractivity contribution in [3.05, 3.63) is 52.0 Å². The van der Waals surface area contributed by atoms with E-state index in [4.69, 9.17) is 0 Å². The summed E-state index contributed by atoms with van der Waals surface area (Å²) >= 11 is 1.46. The minimum Gasteiger partial charge on any atom is -0.406 e. The SMILES string of the molecule is Cl.Cl.Fc1ccc(OC(F)(F)F)cc1[C@H](c1cccs1)N1CCNCC1. The van der Waals surface area contributed by atoms with Crippen LogP contribution in [0.2, 0.25) is 0 Å². The van der Waals surface area contributed by atoms with E-state index in [1.54, 1.807) is 0 Å². The van der Waals surface area contributed by atoms with E-state index in [9.17, 15) is 17.6 Å². The maximum absolute atomic E-state index is 14.4. The first-order valence-corrected chi connectivity index (χ1v) is 8.35. The van der Waals surface area contributed by atoms with Gasteiger partial charge in [-0.3, -0.25) is 4.90 Å². The zero-order valence-electron chi connectivity index (χ0n) is 13.5. The number of alkyl halides is 3. The van der Waals surface area contributed by atoms with Gasteiger partial charge in [-0.2, -0.15) is 0 Å². The van der Waals surface area contributed by atoms with Gasteiger partial charge in [0.05, 0.1) is 6.04 Å². The van der Waals surface area contributed by atoms with Gasteiger partial charge >= 0.3 is 6.36 Å². The molecule has 0 unspecified atom stereocenters. The molecular weight excluding hydrogens is 415 g/mol. The molecule has 26 heavy (non-hydrogen) atoms. The molecule has 1 aliphatic heterocycles. The van der Waals surface area contributed by atoms with Crippen LogP contribution in [-0.4, -0.2) is 37.4 Å². The average Bonchev–Trinajstić information content (AvgIpc) is 3.04. The minimum atomic E-state index is -4.80. The van der Waals surface area contributed by atoms with Crippen LogP contribution in [0.3, 0.4) is 0 Å². The van der Waals surface area contributed by atoms with Gasteiger partial charge in [-0.15, -0.1) is 49.3 Å². The van der Waals surface area contributed by atoms with Gasteiger partial charge in [0.1, 0.15) is 11.6 Å². The monoisotopic (exact) mass is 432 g/mol. The number of rotatable bonds is 4. The average molecular weight is 433 g/mol. The third-order valence-electron chi connectivity index (χ3n) is 3.83. The van der Waals surface area contributed by atoms with Crippen molar-refractivity contribution in [1.29, 1.82) is 0 Å². The van der Waals surface area contributed by atoms with Gasteiger partial charge in [0.25, 0.3) is 0 Å². The third-order valence-corrected chi connectivity index (χ3v) is 4.75. The molecule has 0 spiro atoms. The van der Waals surface area contributed by atoms with Crippen LogP contribution in [0.4, 0.5) is 17.6 Å². The van der Waals surface area contributed by atoms with Gasteiger partial charge in [-0.1, -0.05) is 6.07 Å². The summed E-state index contributed by atoms with van der Waals surface area (Å²) in [7, 11) is 0. The van der Waals surface area contributed by atoms with E-state index >= 15 is 0 Å². The molecule has 0 bridgehead atoms. The number of piperazine rings is 1. The van der Waals surface area contributed by atoms with Crippen LogP contribution in [0.25, 0.3) is 0 Å². The fraction of sp³-hybridized carbons (Fsp3) is 0.375. The summed E-state index contributed by atoms with van der Waals surface area (Å²) in [5.41, 5.74) is 0.195. The molecule has 1 saturated heterocycles. The molecule has 2 heterocycles. The molecule has 3 nitrogen and oxygen atoms in total. The highest BCUT2D eigenvalue weighted by Crippen LogP contribution is 2.36. The first-order chi connectivity index (χ1) is 11.4. The molecule has 0 radical (unpaired) electrons. The second kappa shape index (κ2) is 9.75. The maximum atomic E-state index is 14.4. The highest BCUT2D eigenvalue weighted by molar-refractivity contribution is 7.10. The largest absolute Gasteiger partial charge is 0.573 e. The number of halogens is 6. The van der Waals surface area contributed by atoms with E-state index in [0.29, 0.717) is 13.1 Å². The Balaban J connectivity index is 0.00000169. The van der Waals surface area contributed by atoms with Crippen LogP contribution >= 0.6 is 36.2 Å². The van der Waals surface area contributed by atoms with Crippen molar-refractivity contribution in [3.8, 4) is 5.75 Å². The smallest absolute Gasteiger partial charge is 0.406 e. The van der Waals surface area contributed by atoms with Crippen molar-refractivity contribution in [1.82, 2.24) is 10.2 Å². The number of thiophene rings is 1. The van der Waals surface area contributed by atoms with Crippen LogP contribution in [0.5, 0.6) is 5.75 Å². The fourth-order valence-corrected chi connectivity index (χ4v) is 3.72. The highest BCUT2D eigenvalue weighted by Gasteiger charge is 2.33. The zero-order chi connectivity index (χ0) is 17.2. The van der Waals surface area contributed by atoms with Crippen molar-refractivity contribution in [3.63, 3.8) is 0 Å². The van der Waals surface area contributed by atoms with E-state index in [1.807, 2.05) is 17.5 Å². The van der Waals surface area contributed by atoms with Crippen molar-refractivity contribution < 1.29 is 22.3 Å². The Morgan fingerprint density at radius 3 is 2.38 bits per heavy atom. The van der Waals surface area contributed by atoms with E-state index in [0.717, 1.165) is 36.2 Å².